The van der Waals surface area contributed by atoms with Crippen LogP contribution in [0.2, 0.25) is 5.02 Å². The van der Waals surface area contributed by atoms with Crippen molar-refractivity contribution in [2.45, 2.75) is 44.8 Å². The van der Waals surface area contributed by atoms with Crippen molar-refractivity contribution in [2.24, 2.45) is 0 Å². The van der Waals surface area contributed by atoms with Crippen molar-refractivity contribution in [1.29, 1.82) is 0 Å². The van der Waals surface area contributed by atoms with Crippen LogP contribution in [0.3, 0.4) is 0 Å². The van der Waals surface area contributed by atoms with Crippen LogP contribution in [-0.4, -0.2) is 33.1 Å². The lowest BCUT2D eigenvalue weighted by Gasteiger charge is -2.13. The minimum atomic E-state index is 0.429. The highest BCUT2D eigenvalue weighted by atomic mass is 35.5. The molecule has 4 nitrogen and oxygen atoms in total. The summed E-state index contributed by atoms with van der Waals surface area (Å²) in [5.74, 6) is 1.49. The van der Waals surface area contributed by atoms with E-state index in [0.29, 0.717) is 23.6 Å². The molecule has 0 atom stereocenters. The third kappa shape index (κ3) is 3.50. The smallest absolute Gasteiger partial charge is 0.160 e. The fourth-order valence-electron chi connectivity index (χ4n) is 2.91. The van der Waals surface area contributed by atoms with Gasteiger partial charge in [-0.15, -0.1) is 11.6 Å². The zero-order valence-electron chi connectivity index (χ0n) is 11.9. The fourth-order valence-corrected chi connectivity index (χ4v) is 3.23. The number of imidazole rings is 1. The molecule has 0 saturated heterocycles. The topological polar surface area (TPSA) is 39.9 Å². The van der Waals surface area contributed by atoms with Gasteiger partial charge in [0, 0.05) is 25.0 Å². The molecule has 6 heteroatoms. The highest BCUT2D eigenvalue weighted by molar-refractivity contribution is 6.31. The van der Waals surface area contributed by atoms with Gasteiger partial charge in [-0.05, 0) is 18.9 Å². The van der Waals surface area contributed by atoms with E-state index in [4.69, 9.17) is 27.9 Å². The number of fused-ring (bicyclic) bond motifs is 1. The van der Waals surface area contributed by atoms with Gasteiger partial charge in [-0.2, -0.15) is 0 Å². The van der Waals surface area contributed by atoms with Crippen molar-refractivity contribution in [3.05, 3.63) is 23.1 Å². The minimum Gasteiger partial charge on any atom is -0.376 e. The number of aryl methyl sites for hydroxylation is 1. The van der Waals surface area contributed by atoms with Gasteiger partial charge in [0.15, 0.2) is 5.65 Å². The summed E-state index contributed by atoms with van der Waals surface area (Å²) in [5.41, 5.74) is 1.68. The quantitative estimate of drug-likeness (QED) is 0.757. The van der Waals surface area contributed by atoms with Crippen LogP contribution in [0.5, 0.6) is 0 Å². The van der Waals surface area contributed by atoms with Gasteiger partial charge >= 0.3 is 0 Å². The SMILES string of the molecule is ClCCc1nc2cc(Cl)cnc2n1CCOC1CCCC1. The Bertz CT molecular complexity index is 608. The van der Waals surface area contributed by atoms with Gasteiger partial charge in [-0.25, -0.2) is 9.97 Å². The van der Waals surface area contributed by atoms with E-state index in [1.54, 1.807) is 6.20 Å². The molecule has 2 aromatic heterocycles. The second kappa shape index (κ2) is 6.95. The summed E-state index contributed by atoms with van der Waals surface area (Å²) < 4.78 is 8.05. The summed E-state index contributed by atoms with van der Waals surface area (Å²) in [6.07, 6.45) is 7.76. The van der Waals surface area contributed by atoms with Gasteiger partial charge in [-0.3, -0.25) is 0 Å². The number of nitrogens with zero attached hydrogens (tertiary/aromatic N) is 3. The molecular weight excluding hydrogens is 309 g/mol. The molecule has 2 heterocycles. The van der Waals surface area contributed by atoms with Gasteiger partial charge in [0.2, 0.25) is 0 Å². The number of halogens is 2. The van der Waals surface area contributed by atoms with Crippen molar-refractivity contribution in [3.63, 3.8) is 0 Å². The predicted octanol–water partition coefficient (Wildman–Crippen LogP) is 3.83. The van der Waals surface area contributed by atoms with E-state index in [-0.39, 0.29) is 0 Å². The third-order valence-electron chi connectivity index (χ3n) is 3.92. The lowest BCUT2D eigenvalue weighted by atomic mass is 10.3. The molecule has 0 bridgehead atoms. The van der Waals surface area contributed by atoms with Crippen LogP contribution in [0.15, 0.2) is 12.3 Å². The number of aromatic nitrogens is 3. The van der Waals surface area contributed by atoms with Crippen molar-refractivity contribution < 1.29 is 4.74 Å². The van der Waals surface area contributed by atoms with Crippen LogP contribution < -0.4 is 0 Å². The summed E-state index contributed by atoms with van der Waals surface area (Å²) in [6.45, 7) is 1.45. The average Bonchev–Trinajstić information content (AvgIpc) is 3.08. The summed E-state index contributed by atoms with van der Waals surface area (Å²) >= 11 is 11.9. The van der Waals surface area contributed by atoms with Crippen molar-refractivity contribution in [2.75, 3.05) is 12.5 Å². The van der Waals surface area contributed by atoms with Crippen LogP contribution in [-0.2, 0) is 17.7 Å². The number of pyridine rings is 1. The number of alkyl halides is 1. The number of hydrogen-bond donors (Lipinski definition) is 0. The molecule has 2 aromatic rings. The lowest BCUT2D eigenvalue weighted by Crippen LogP contribution is -2.15. The van der Waals surface area contributed by atoms with E-state index in [2.05, 4.69) is 14.5 Å². The molecule has 114 valence electrons. The molecule has 1 saturated carbocycles. The summed E-state index contributed by atoms with van der Waals surface area (Å²) in [6, 6.07) is 1.84. The normalized spacial score (nSPS) is 16.1. The Labute approximate surface area is 134 Å². The third-order valence-corrected chi connectivity index (χ3v) is 4.32. The zero-order valence-corrected chi connectivity index (χ0v) is 13.4. The lowest BCUT2D eigenvalue weighted by molar-refractivity contribution is 0.0531. The maximum Gasteiger partial charge on any atom is 0.160 e. The van der Waals surface area contributed by atoms with E-state index in [1.165, 1.54) is 25.7 Å². The molecule has 0 radical (unpaired) electrons. The van der Waals surface area contributed by atoms with E-state index < -0.39 is 0 Å². The van der Waals surface area contributed by atoms with Crippen molar-refractivity contribution >= 4 is 34.4 Å². The van der Waals surface area contributed by atoms with Crippen molar-refractivity contribution in [3.8, 4) is 0 Å². The first-order valence-electron chi connectivity index (χ1n) is 7.46. The van der Waals surface area contributed by atoms with E-state index >= 15 is 0 Å². The van der Waals surface area contributed by atoms with Gasteiger partial charge in [0.05, 0.1) is 17.7 Å². The first kappa shape index (κ1) is 15.1. The first-order valence-corrected chi connectivity index (χ1v) is 8.37. The molecule has 1 fully saturated rings. The summed E-state index contributed by atoms with van der Waals surface area (Å²) in [7, 11) is 0. The van der Waals surface area contributed by atoms with Gasteiger partial charge < -0.3 is 9.30 Å². The van der Waals surface area contributed by atoms with Crippen LogP contribution in [0, 0.1) is 0 Å². The molecule has 0 aliphatic heterocycles. The van der Waals surface area contributed by atoms with E-state index in [0.717, 1.165) is 30.0 Å². The van der Waals surface area contributed by atoms with Crippen LogP contribution >= 0.6 is 23.2 Å². The monoisotopic (exact) mass is 327 g/mol. The standard InChI is InChI=1S/C15H19Cl2N3O/c16-6-5-14-19-13-9-11(17)10-18-15(13)20(14)7-8-21-12-3-1-2-4-12/h9-10,12H,1-8H2. The minimum absolute atomic E-state index is 0.429. The predicted molar refractivity (Wildman–Crippen MR) is 85.2 cm³/mol. The second-order valence-electron chi connectivity index (χ2n) is 5.39. The maximum absolute atomic E-state index is 5.99. The van der Waals surface area contributed by atoms with Gasteiger partial charge in [-0.1, -0.05) is 24.4 Å². The summed E-state index contributed by atoms with van der Waals surface area (Å²) in [4.78, 5) is 8.99. The van der Waals surface area contributed by atoms with E-state index in [9.17, 15) is 0 Å². The Kier molecular flexibility index (Phi) is 4.99. The zero-order chi connectivity index (χ0) is 14.7. The fraction of sp³-hybridized carbons (Fsp3) is 0.600. The van der Waals surface area contributed by atoms with Crippen LogP contribution in [0.1, 0.15) is 31.5 Å². The molecule has 0 amide bonds. The Morgan fingerprint density at radius 3 is 2.90 bits per heavy atom. The molecule has 21 heavy (non-hydrogen) atoms. The molecule has 1 aliphatic carbocycles. The van der Waals surface area contributed by atoms with E-state index in [1.807, 2.05) is 6.07 Å². The molecule has 0 N–H and O–H groups in total. The highest BCUT2D eigenvalue weighted by Crippen LogP contribution is 2.22. The van der Waals surface area contributed by atoms with Crippen LogP contribution in [0.4, 0.5) is 0 Å². The number of rotatable bonds is 6. The Morgan fingerprint density at radius 1 is 1.33 bits per heavy atom. The Morgan fingerprint density at radius 2 is 2.14 bits per heavy atom. The average molecular weight is 328 g/mol. The van der Waals surface area contributed by atoms with Crippen molar-refractivity contribution in [1.82, 2.24) is 14.5 Å². The molecule has 0 aromatic carbocycles. The van der Waals surface area contributed by atoms with Gasteiger partial charge in [0.1, 0.15) is 11.3 Å². The van der Waals surface area contributed by atoms with Crippen LogP contribution in [0.25, 0.3) is 11.2 Å². The molecule has 3 rings (SSSR count). The highest BCUT2D eigenvalue weighted by Gasteiger charge is 2.16. The first-order chi connectivity index (χ1) is 10.3. The maximum atomic E-state index is 5.99. The number of ether oxygens (including phenoxy) is 1. The largest absolute Gasteiger partial charge is 0.376 e. The summed E-state index contributed by atoms with van der Waals surface area (Å²) in [5, 5.41) is 0.603. The second-order valence-corrected chi connectivity index (χ2v) is 6.21. The number of hydrogen-bond acceptors (Lipinski definition) is 3. The molecule has 1 aliphatic rings. The molecular formula is C15H19Cl2N3O. The van der Waals surface area contributed by atoms with Gasteiger partial charge in [0.25, 0.3) is 0 Å². The molecule has 0 unspecified atom stereocenters. The Balaban J connectivity index is 1.76. The molecule has 0 spiro atoms. The Hall–Kier alpha value is -0.840.